The maximum Gasteiger partial charge on any atom is 0.147 e. The number of nitrogens with one attached hydrogen (secondary N) is 1. The van der Waals surface area contributed by atoms with E-state index in [4.69, 9.17) is 0 Å². The lowest BCUT2D eigenvalue weighted by Gasteiger charge is -2.26. The zero-order chi connectivity index (χ0) is 14.7. The van der Waals surface area contributed by atoms with Crippen LogP contribution in [0.4, 0.5) is 0 Å². The molecule has 6 heteroatoms. The average molecular weight is 286 g/mol. The van der Waals surface area contributed by atoms with Gasteiger partial charge < -0.3 is 9.88 Å². The molecule has 0 aromatic carbocycles. The van der Waals surface area contributed by atoms with Gasteiger partial charge in [-0.25, -0.2) is 0 Å². The van der Waals surface area contributed by atoms with E-state index in [1.807, 2.05) is 6.20 Å². The first kappa shape index (κ1) is 14.2. The zero-order valence-electron chi connectivity index (χ0n) is 12.7. The van der Waals surface area contributed by atoms with Gasteiger partial charge >= 0.3 is 0 Å². The SMILES string of the molecule is CC(C)NCc1ccc(CN2CCn3cnnc3C2)nc1. The molecule has 3 rings (SSSR count). The van der Waals surface area contributed by atoms with Crippen LogP contribution >= 0.6 is 0 Å². The number of nitrogens with zero attached hydrogens (tertiary/aromatic N) is 5. The van der Waals surface area contributed by atoms with E-state index in [1.54, 1.807) is 6.33 Å². The Labute approximate surface area is 125 Å². The molecular weight excluding hydrogens is 264 g/mol. The van der Waals surface area contributed by atoms with Crippen molar-refractivity contribution in [3.05, 3.63) is 41.7 Å². The molecule has 0 atom stereocenters. The lowest BCUT2D eigenvalue weighted by Crippen LogP contribution is -2.33. The fourth-order valence-electron chi connectivity index (χ4n) is 2.46. The summed E-state index contributed by atoms with van der Waals surface area (Å²) in [5.41, 5.74) is 2.34. The van der Waals surface area contributed by atoms with Crippen molar-refractivity contribution in [1.29, 1.82) is 0 Å². The van der Waals surface area contributed by atoms with Crippen LogP contribution in [-0.4, -0.2) is 37.2 Å². The Morgan fingerprint density at radius 2 is 2.19 bits per heavy atom. The lowest BCUT2D eigenvalue weighted by molar-refractivity contribution is 0.206. The summed E-state index contributed by atoms with van der Waals surface area (Å²) in [7, 11) is 0. The van der Waals surface area contributed by atoms with Crippen LogP contribution in [0, 0.1) is 0 Å². The topological polar surface area (TPSA) is 58.9 Å². The van der Waals surface area contributed by atoms with Crippen molar-refractivity contribution in [2.75, 3.05) is 6.54 Å². The molecule has 0 spiro atoms. The maximum atomic E-state index is 4.57. The molecule has 2 aromatic heterocycles. The third-order valence-corrected chi connectivity index (χ3v) is 3.70. The van der Waals surface area contributed by atoms with E-state index >= 15 is 0 Å². The standard InChI is InChI=1S/C15H22N6/c1-12(2)16-7-13-3-4-14(17-8-13)9-20-5-6-21-11-18-19-15(21)10-20/h3-4,8,11-12,16H,5-7,9-10H2,1-2H3. The van der Waals surface area contributed by atoms with Crippen LogP contribution in [0.2, 0.25) is 0 Å². The predicted octanol–water partition coefficient (Wildman–Crippen LogP) is 1.19. The van der Waals surface area contributed by atoms with E-state index in [9.17, 15) is 0 Å². The Morgan fingerprint density at radius 1 is 1.29 bits per heavy atom. The lowest BCUT2D eigenvalue weighted by atomic mass is 10.2. The van der Waals surface area contributed by atoms with Gasteiger partial charge in [0.15, 0.2) is 0 Å². The molecule has 0 fully saturated rings. The summed E-state index contributed by atoms with van der Waals surface area (Å²) in [4.78, 5) is 6.93. The molecule has 1 aliphatic heterocycles. The van der Waals surface area contributed by atoms with Crippen molar-refractivity contribution in [1.82, 2.24) is 30.0 Å². The largest absolute Gasteiger partial charge is 0.315 e. The molecule has 6 nitrogen and oxygen atoms in total. The van der Waals surface area contributed by atoms with E-state index in [-0.39, 0.29) is 0 Å². The smallest absolute Gasteiger partial charge is 0.147 e. The monoisotopic (exact) mass is 286 g/mol. The van der Waals surface area contributed by atoms with Crippen molar-refractivity contribution in [3.63, 3.8) is 0 Å². The van der Waals surface area contributed by atoms with Crippen molar-refractivity contribution >= 4 is 0 Å². The zero-order valence-corrected chi connectivity index (χ0v) is 12.7. The Morgan fingerprint density at radius 3 is 2.95 bits per heavy atom. The molecule has 0 aliphatic carbocycles. The quantitative estimate of drug-likeness (QED) is 0.894. The Kier molecular flexibility index (Phi) is 4.26. The first-order chi connectivity index (χ1) is 10.2. The minimum absolute atomic E-state index is 0.496. The van der Waals surface area contributed by atoms with E-state index in [0.29, 0.717) is 6.04 Å². The first-order valence-corrected chi connectivity index (χ1v) is 7.47. The van der Waals surface area contributed by atoms with Gasteiger partial charge in [-0.05, 0) is 11.6 Å². The normalized spacial score (nSPS) is 15.4. The van der Waals surface area contributed by atoms with Gasteiger partial charge in [-0.15, -0.1) is 10.2 Å². The molecule has 112 valence electrons. The molecule has 0 unspecified atom stereocenters. The molecule has 0 saturated carbocycles. The highest BCUT2D eigenvalue weighted by atomic mass is 15.3. The van der Waals surface area contributed by atoms with Crippen LogP contribution in [0.25, 0.3) is 0 Å². The molecule has 21 heavy (non-hydrogen) atoms. The van der Waals surface area contributed by atoms with E-state index < -0.39 is 0 Å². The van der Waals surface area contributed by atoms with Gasteiger partial charge in [0.2, 0.25) is 0 Å². The van der Waals surface area contributed by atoms with Gasteiger partial charge in [-0.3, -0.25) is 9.88 Å². The highest BCUT2D eigenvalue weighted by molar-refractivity contribution is 5.14. The summed E-state index contributed by atoms with van der Waals surface area (Å²) >= 11 is 0. The number of rotatable bonds is 5. The summed E-state index contributed by atoms with van der Waals surface area (Å²) in [5, 5.41) is 11.5. The van der Waals surface area contributed by atoms with Gasteiger partial charge in [0.05, 0.1) is 12.2 Å². The van der Waals surface area contributed by atoms with Crippen LogP contribution in [0.15, 0.2) is 24.7 Å². The summed E-state index contributed by atoms with van der Waals surface area (Å²) < 4.78 is 2.12. The van der Waals surface area contributed by atoms with Crippen LogP contribution in [-0.2, 0) is 26.2 Å². The molecule has 2 aromatic rings. The average Bonchev–Trinajstić information content (AvgIpc) is 2.94. The van der Waals surface area contributed by atoms with Crippen LogP contribution in [0.5, 0.6) is 0 Å². The Hall–Kier alpha value is -1.79. The van der Waals surface area contributed by atoms with Crippen LogP contribution in [0.3, 0.4) is 0 Å². The summed E-state index contributed by atoms with van der Waals surface area (Å²) in [6.07, 6.45) is 3.78. The predicted molar refractivity (Wildman–Crippen MR) is 80.3 cm³/mol. The second kappa shape index (κ2) is 6.32. The minimum atomic E-state index is 0.496. The van der Waals surface area contributed by atoms with Gasteiger partial charge in [0.1, 0.15) is 12.2 Å². The molecule has 0 amide bonds. The third-order valence-electron chi connectivity index (χ3n) is 3.70. The van der Waals surface area contributed by atoms with Crippen molar-refractivity contribution in [3.8, 4) is 0 Å². The molecule has 0 radical (unpaired) electrons. The fraction of sp³-hybridized carbons (Fsp3) is 0.533. The maximum absolute atomic E-state index is 4.57. The molecule has 1 aliphatic rings. The van der Waals surface area contributed by atoms with Gasteiger partial charge in [0, 0.05) is 38.4 Å². The molecule has 0 saturated heterocycles. The number of pyridine rings is 1. The number of hydrogen-bond acceptors (Lipinski definition) is 5. The van der Waals surface area contributed by atoms with Crippen LogP contribution in [0.1, 0.15) is 30.9 Å². The fourth-order valence-corrected chi connectivity index (χ4v) is 2.46. The van der Waals surface area contributed by atoms with Gasteiger partial charge in [0.25, 0.3) is 0 Å². The van der Waals surface area contributed by atoms with E-state index in [2.05, 4.69) is 55.9 Å². The van der Waals surface area contributed by atoms with E-state index in [0.717, 1.165) is 44.2 Å². The third kappa shape index (κ3) is 3.65. The summed E-state index contributed by atoms with van der Waals surface area (Å²) in [6, 6.07) is 4.77. The van der Waals surface area contributed by atoms with Gasteiger partial charge in [-0.1, -0.05) is 19.9 Å². The highest BCUT2D eigenvalue weighted by Crippen LogP contribution is 2.12. The number of fused-ring (bicyclic) bond motifs is 1. The van der Waals surface area contributed by atoms with Crippen LogP contribution < -0.4 is 5.32 Å². The molecule has 0 bridgehead atoms. The Balaban J connectivity index is 1.56. The summed E-state index contributed by atoms with van der Waals surface area (Å²) in [5.74, 6) is 1.04. The van der Waals surface area contributed by atoms with E-state index in [1.165, 1.54) is 5.56 Å². The van der Waals surface area contributed by atoms with Gasteiger partial charge in [-0.2, -0.15) is 0 Å². The van der Waals surface area contributed by atoms with Crippen molar-refractivity contribution < 1.29 is 0 Å². The first-order valence-electron chi connectivity index (χ1n) is 7.47. The molecular formula is C15H22N6. The molecule has 3 heterocycles. The summed E-state index contributed by atoms with van der Waals surface area (Å²) in [6.45, 7) is 8.86. The van der Waals surface area contributed by atoms with Crippen molar-refractivity contribution in [2.45, 2.75) is 46.1 Å². The minimum Gasteiger partial charge on any atom is -0.315 e. The molecule has 1 N–H and O–H groups in total. The van der Waals surface area contributed by atoms with Crippen molar-refractivity contribution in [2.24, 2.45) is 0 Å². The second-order valence-corrected chi connectivity index (χ2v) is 5.84. The highest BCUT2D eigenvalue weighted by Gasteiger charge is 2.17. The Bertz CT molecular complexity index is 574. The number of aromatic nitrogens is 4. The number of hydrogen-bond donors (Lipinski definition) is 1. The second-order valence-electron chi connectivity index (χ2n) is 5.84.